The summed E-state index contributed by atoms with van der Waals surface area (Å²) < 4.78 is 67.5. The molecule has 0 radical (unpaired) electrons. The predicted octanol–water partition coefficient (Wildman–Crippen LogP) is 7.41. The second-order valence-corrected chi connectivity index (χ2v) is 16.6. The molecule has 2 rings (SSSR count). The van der Waals surface area contributed by atoms with Crippen molar-refractivity contribution in [3.63, 3.8) is 0 Å². The van der Waals surface area contributed by atoms with Crippen molar-refractivity contribution in [3.8, 4) is 5.75 Å². The molecule has 2 aromatic carbocycles. The van der Waals surface area contributed by atoms with Crippen LogP contribution in [0.5, 0.6) is 5.75 Å². The van der Waals surface area contributed by atoms with Gasteiger partial charge in [-0.05, 0) is 48.9 Å². The van der Waals surface area contributed by atoms with E-state index in [2.05, 4.69) is 5.32 Å². The van der Waals surface area contributed by atoms with Gasteiger partial charge in [-0.1, -0.05) is 77.9 Å². The maximum Gasteiger partial charge on any atom is 0.419 e. The number of aliphatic hydroxyl groups excluding tert-OH is 1. The van der Waals surface area contributed by atoms with E-state index in [-0.39, 0.29) is 31.8 Å². The second kappa shape index (κ2) is 13.7. The van der Waals surface area contributed by atoms with Gasteiger partial charge in [-0.3, -0.25) is 9.36 Å². The van der Waals surface area contributed by atoms with E-state index in [1.807, 2.05) is 71.9 Å². The molecule has 230 valence electrons. The van der Waals surface area contributed by atoms with E-state index in [0.29, 0.717) is 18.4 Å². The smallest absolute Gasteiger partial charge is 0.419 e. The van der Waals surface area contributed by atoms with E-state index in [1.165, 1.54) is 13.0 Å². The van der Waals surface area contributed by atoms with E-state index in [9.17, 15) is 27.6 Å². The highest BCUT2D eigenvalue weighted by Gasteiger charge is 2.49. The minimum absolute atomic E-state index is 0.0615. The topological polar surface area (TPSA) is 84.9 Å². The highest BCUT2D eigenvalue weighted by atomic mass is 31.2. The number of aliphatic hydroxyl groups is 1. The van der Waals surface area contributed by atoms with Crippen LogP contribution in [0, 0.1) is 0 Å². The summed E-state index contributed by atoms with van der Waals surface area (Å²) in [6, 6.07) is 13.5. The lowest BCUT2D eigenvalue weighted by atomic mass is 9.92. The minimum Gasteiger partial charge on any atom is -0.493 e. The molecule has 0 aromatic heterocycles. The zero-order chi connectivity index (χ0) is 31.1. The lowest BCUT2D eigenvalue weighted by molar-refractivity contribution is -0.139. The fourth-order valence-corrected chi connectivity index (χ4v) is 8.10. The maximum atomic E-state index is 14.0. The average Bonchev–Trinajstić information content (AvgIpc) is 2.87. The largest absolute Gasteiger partial charge is 0.493 e. The number of ether oxygens (including phenoxy) is 1. The summed E-state index contributed by atoms with van der Waals surface area (Å²) in [5.41, 5.74) is -0.792. The number of aryl methyl sites for hydroxylation is 2. The van der Waals surface area contributed by atoms with Gasteiger partial charge in [-0.2, -0.15) is 13.2 Å². The first-order chi connectivity index (χ1) is 18.8. The van der Waals surface area contributed by atoms with Crippen LogP contribution in [0.1, 0.15) is 78.0 Å². The Morgan fingerprint density at radius 3 is 2.05 bits per heavy atom. The molecular weight excluding hydrogens is 554 g/mol. The minimum atomic E-state index is -4.63. The van der Waals surface area contributed by atoms with Crippen molar-refractivity contribution in [3.05, 3.63) is 65.2 Å². The molecular formula is C31H45F3NO5P. The first-order valence-electron chi connectivity index (χ1n) is 13.8. The normalized spacial score (nSPS) is 14.4. The Morgan fingerprint density at radius 2 is 1.54 bits per heavy atom. The van der Waals surface area contributed by atoms with Crippen molar-refractivity contribution in [1.29, 1.82) is 0 Å². The highest BCUT2D eigenvalue weighted by Crippen LogP contribution is 2.67. The number of hydrogen-bond donors (Lipinski definition) is 2. The Bertz CT molecular complexity index is 1170. The van der Waals surface area contributed by atoms with Crippen molar-refractivity contribution in [1.82, 2.24) is 5.32 Å². The molecule has 0 saturated heterocycles. The summed E-state index contributed by atoms with van der Waals surface area (Å²) in [7, 11) is -3.33. The quantitative estimate of drug-likeness (QED) is 0.185. The van der Waals surface area contributed by atoms with Crippen molar-refractivity contribution in [2.45, 2.75) is 96.2 Å². The third kappa shape index (κ3) is 9.59. The monoisotopic (exact) mass is 599 g/mol. The molecule has 6 nitrogen and oxygen atoms in total. The Balaban J connectivity index is 2.22. The fraction of sp³-hybridized carbons (Fsp3) is 0.581. The number of benzene rings is 2. The van der Waals surface area contributed by atoms with Gasteiger partial charge in [0.25, 0.3) is 0 Å². The van der Waals surface area contributed by atoms with Crippen LogP contribution in [0.3, 0.4) is 0 Å². The molecule has 0 spiro atoms. The van der Waals surface area contributed by atoms with Crippen LogP contribution in [0.4, 0.5) is 13.2 Å². The van der Waals surface area contributed by atoms with Gasteiger partial charge < -0.3 is 19.7 Å². The number of alkyl halides is 3. The van der Waals surface area contributed by atoms with Crippen molar-refractivity contribution in [2.24, 2.45) is 0 Å². The van der Waals surface area contributed by atoms with Gasteiger partial charge in [0.15, 0.2) is 0 Å². The molecule has 2 aromatic rings. The van der Waals surface area contributed by atoms with Crippen molar-refractivity contribution in [2.75, 3.05) is 19.8 Å². The number of rotatable bonds is 13. The van der Waals surface area contributed by atoms with E-state index in [1.54, 1.807) is 6.07 Å². The van der Waals surface area contributed by atoms with Gasteiger partial charge in [0, 0.05) is 17.2 Å². The zero-order valence-corrected chi connectivity index (χ0v) is 26.1. The van der Waals surface area contributed by atoms with Crippen LogP contribution in [0.2, 0.25) is 0 Å². The SMILES string of the molecule is CC(=O)NC(CO)(CCc1ccc(OCCCc2ccccc2)c(C(F)(F)F)c1)COP(=O)(C(C)(C)C)C(C)(C)C. The first-order valence-corrected chi connectivity index (χ1v) is 15.5. The zero-order valence-electron chi connectivity index (χ0n) is 25.2. The van der Waals surface area contributed by atoms with Crippen LogP contribution in [-0.4, -0.2) is 46.7 Å². The van der Waals surface area contributed by atoms with Gasteiger partial charge in [0.05, 0.1) is 30.9 Å². The number of hydrogen-bond acceptors (Lipinski definition) is 5. The van der Waals surface area contributed by atoms with Gasteiger partial charge in [0.1, 0.15) is 5.75 Å². The molecule has 0 fully saturated rings. The summed E-state index contributed by atoms with van der Waals surface area (Å²) in [6.07, 6.45) is -3.23. The summed E-state index contributed by atoms with van der Waals surface area (Å²) in [5, 5.41) is 11.6. The standard InChI is InChI=1S/C31H45F3NO5P/c1-23(37)35-30(21-36,22-40-41(38,28(2,3)4)29(5,6)7)18-17-25-15-16-27(26(20-25)31(32,33)34)39-19-11-14-24-12-9-8-10-13-24/h8-10,12-13,15-16,20,36H,11,14,17-19,21-22H2,1-7H3,(H,35,37). The molecule has 0 heterocycles. The van der Waals surface area contributed by atoms with E-state index < -0.39 is 47.5 Å². The van der Waals surface area contributed by atoms with Crippen LogP contribution >= 0.6 is 7.37 Å². The second-order valence-electron chi connectivity index (χ2n) is 12.6. The first kappa shape index (κ1) is 34.8. The molecule has 1 atom stereocenters. The molecule has 0 bridgehead atoms. The van der Waals surface area contributed by atoms with Gasteiger partial charge in [0.2, 0.25) is 13.3 Å². The number of halogens is 3. The third-order valence-electron chi connectivity index (χ3n) is 6.98. The molecule has 2 N–H and O–H groups in total. The van der Waals surface area contributed by atoms with Crippen LogP contribution in [-0.2, 0) is 32.9 Å². The summed E-state index contributed by atoms with van der Waals surface area (Å²) >= 11 is 0. The van der Waals surface area contributed by atoms with Gasteiger partial charge >= 0.3 is 6.18 Å². The average molecular weight is 600 g/mol. The maximum absolute atomic E-state index is 14.0. The van der Waals surface area contributed by atoms with Crippen LogP contribution in [0.25, 0.3) is 0 Å². The van der Waals surface area contributed by atoms with E-state index in [0.717, 1.165) is 11.6 Å². The molecule has 41 heavy (non-hydrogen) atoms. The van der Waals surface area contributed by atoms with Crippen LogP contribution < -0.4 is 10.1 Å². The fourth-order valence-electron chi connectivity index (χ4n) is 4.88. The molecule has 0 aliphatic carbocycles. The molecule has 0 aliphatic rings. The number of carbonyl (C=O) groups is 1. The van der Waals surface area contributed by atoms with Crippen molar-refractivity contribution >= 4 is 13.3 Å². The summed E-state index contributed by atoms with van der Waals surface area (Å²) in [6.45, 7) is 11.5. The lowest BCUT2D eigenvalue weighted by Gasteiger charge is -2.43. The third-order valence-corrected chi connectivity index (χ3v) is 11.0. The Labute approximate surface area is 242 Å². The Hall–Kier alpha value is -2.35. The number of carbonyl (C=O) groups excluding carboxylic acids is 1. The van der Waals surface area contributed by atoms with E-state index >= 15 is 0 Å². The molecule has 10 heteroatoms. The lowest BCUT2D eigenvalue weighted by Crippen LogP contribution is -2.54. The predicted molar refractivity (Wildman–Crippen MR) is 157 cm³/mol. The number of nitrogens with one attached hydrogen (secondary N) is 1. The van der Waals surface area contributed by atoms with E-state index in [4.69, 9.17) is 9.26 Å². The van der Waals surface area contributed by atoms with Gasteiger partial charge in [-0.25, -0.2) is 0 Å². The van der Waals surface area contributed by atoms with Gasteiger partial charge in [-0.15, -0.1) is 0 Å². The Morgan fingerprint density at radius 1 is 0.927 bits per heavy atom. The molecule has 0 aliphatic heterocycles. The summed E-state index contributed by atoms with van der Waals surface area (Å²) in [4.78, 5) is 12.1. The molecule has 1 amide bonds. The molecule has 1 unspecified atom stereocenters. The van der Waals surface area contributed by atoms with Crippen LogP contribution in [0.15, 0.2) is 48.5 Å². The number of amides is 1. The molecule has 0 saturated carbocycles. The highest BCUT2D eigenvalue weighted by molar-refractivity contribution is 7.62. The Kier molecular flexibility index (Phi) is 11.7. The summed E-state index contributed by atoms with van der Waals surface area (Å²) in [5.74, 6) is -0.691. The van der Waals surface area contributed by atoms with Crippen molar-refractivity contribution < 1.29 is 36.9 Å².